The van der Waals surface area contributed by atoms with Gasteiger partial charge in [-0.2, -0.15) is 0 Å². The Balaban J connectivity index is 0.00000300. The molecule has 0 unspecified atom stereocenters. The monoisotopic (exact) mass is 517 g/mol. The van der Waals surface area contributed by atoms with Crippen LogP contribution >= 0.6 is 24.0 Å². The molecule has 0 aromatic carbocycles. The Morgan fingerprint density at radius 1 is 1.28 bits per heavy atom. The summed E-state index contributed by atoms with van der Waals surface area (Å²) >= 11 is 0. The first-order valence-corrected chi connectivity index (χ1v) is 10.2. The molecule has 2 fully saturated rings. The fraction of sp³-hybridized carbons (Fsp3) is 0.650. The van der Waals surface area contributed by atoms with Gasteiger partial charge in [0.15, 0.2) is 5.96 Å². The first kappa shape index (κ1) is 23.5. The molecular formula is C20H32IN5O3. The molecule has 29 heavy (non-hydrogen) atoms. The molecule has 2 aliphatic rings. The zero-order valence-corrected chi connectivity index (χ0v) is 19.3. The maximum absolute atomic E-state index is 11.7. The second-order valence-corrected chi connectivity index (χ2v) is 7.34. The second kappa shape index (κ2) is 12.0. The number of nitrogens with one attached hydrogen (secondary N) is 1. The molecule has 1 saturated heterocycles. The van der Waals surface area contributed by atoms with Crippen LogP contribution in [0.3, 0.4) is 0 Å². The average Bonchev–Trinajstić information content (AvgIpc) is 3.21. The largest absolute Gasteiger partial charge is 0.474 e. The van der Waals surface area contributed by atoms with Crippen molar-refractivity contribution in [3.05, 3.63) is 23.9 Å². The lowest BCUT2D eigenvalue weighted by Crippen LogP contribution is -2.48. The summed E-state index contributed by atoms with van der Waals surface area (Å²) in [5, 5.41) is 3.24. The molecule has 1 amide bonds. The minimum absolute atomic E-state index is 0. The number of likely N-dealkylation sites (tertiary alicyclic amines) is 1. The average molecular weight is 517 g/mol. The van der Waals surface area contributed by atoms with E-state index >= 15 is 0 Å². The summed E-state index contributed by atoms with van der Waals surface area (Å²) in [6.07, 6.45) is 8.23. The van der Waals surface area contributed by atoms with Crippen LogP contribution in [0.1, 0.15) is 51.0 Å². The van der Waals surface area contributed by atoms with Crippen LogP contribution in [0.2, 0.25) is 0 Å². The molecule has 0 atom stereocenters. The van der Waals surface area contributed by atoms with Gasteiger partial charge in [0, 0.05) is 31.4 Å². The SMILES string of the molecule is CCOC(=O)N1CCC(NC(N)=NCc2ccc(OC3CCCC3)nc2)CC1.I. The topological polar surface area (TPSA) is 102 Å². The minimum Gasteiger partial charge on any atom is -0.474 e. The number of halogens is 1. The number of ether oxygens (including phenoxy) is 2. The van der Waals surface area contributed by atoms with Gasteiger partial charge in [-0.15, -0.1) is 24.0 Å². The van der Waals surface area contributed by atoms with E-state index in [9.17, 15) is 4.79 Å². The smallest absolute Gasteiger partial charge is 0.409 e. The molecule has 162 valence electrons. The number of amides is 1. The highest BCUT2D eigenvalue weighted by molar-refractivity contribution is 14.0. The Hall–Kier alpha value is -1.78. The number of aromatic nitrogens is 1. The van der Waals surface area contributed by atoms with Gasteiger partial charge < -0.3 is 25.4 Å². The summed E-state index contributed by atoms with van der Waals surface area (Å²) in [6, 6.07) is 4.10. The standard InChI is InChI=1S/C20H31N5O3.HI/c1-2-27-20(26)25-11-9-16(10-12-25)24-19(21)23-14-15-7-8-18(22-13-15)28-17-5-3-4-6-17;/h7-8,13,16-17H,2-6,9-12,14H2,1H3,(H3,21,23,24);1H. The lowest BCUT2D eigenvalue weighted by atomic mass is 10.1. The lowest BCUT2D eigenvalue weighted by molar-refractivity contribution is 0.0963. The van der Waals surface area contributed by atoms with E-state index in [2.05, 4.69) is 15.3 Å². The summed E-state index contributed by atoms with van der Waals surface area (Å²) in [5.41, 5.74) is 7.01. The number of aliphatic imine (C=N–C) groups is 1. The molecule has 3 rings (SSSR count). The normalized spacial score (nSPS) is 18.2. The van der Waals surface area contributed by atoms with Crippen LogP contribution in [0.15, 0.2) is 23.3 Å². The molecule has 2 heterocycles. The Labute approximate surface area is 189 Å². The quantitative estimate of drug-likeness (QED) is 0.342. The van der Waals surface area contributed by atoms with Crippen molar-refractivity contribution in [2.24, 2.45) is 10.7 Å². The van der Waals surface area contributed by atoms with Crippen LogP contribution < -0.4 is 15.8 Å². The van der Waals surface area contributed by atoms with Crippen molar-refractivity contribution in [2.75, 3.05) is 19.7 Å². The van der Waals surface area contributed by atoms with E-state index in [1.807, 2.05) is 19.1 Å². The molecule has 1 saturated carbocycles. The van der Waals surface area contributed by atoms with Crippen molar-refractivity contribution in [3.8, 4) is 5.88 Å². The fourth-order valence-corrected chi connectivity index (χ4v) is 3.60. The zero-order chi connectivity index (χ0) is 19.8. The Morgan fingerprint density at radius 3 is 2.62 bits per heavy atom. The van der Waals surface area contributed by atoms with Gasteiger partial charge in [0.25, 0.3) is 0 Å². The first-order valence-electron chi connectivity index (χ1n) is 10.2. The molecule has 1 aliphatic carbocycles. The van der Waals surface area contributed by atoms with Crippen LogP contribution in [-0.4, -0.2) is 53.8 Å². The number of hydrogen-bond acceptors (Lipinski definition) is 5. The molecule has 0 spiro atoms. The van der Waals surface area contributed by atoms with E-state index in [4.69, 9.17) is 15.2 Å². The van der Waals surface area contributed by atoms with Gasteiger partial charge >= 0.3 is 6.09 Å². The maximum atomic E-state index is 11.7. The Kier molecular flexibility index (Phi) is 9.75. The molecule has 0 bridgehead atoms. The summed E-state index contributed by atoms with van der Waals surface area (Å²) < 4.78 is 10.9. The van der Waals surface area contributed by atoms with Crippen molar-refractivity contribution in [1.29, 1.82) is 0 Å². The third-order valence-electron chi connectivity index (χ3n) is 5.19. The highest BCUT2D eigenvalue weighted by atomic mass is 127. The molecule has 1 aromatic heterocycles. The number of hydrogen-bond donors (Lipinski definition) is 2. The molecule has 1 aliphatic heterocycles. The van der Waals surface area contributed by atoms with E-state index in [1.165, 1.54) is 12.8 Å². The van der Waals surface area contributed by atoms with Crippen molar-refractivity contribution >= 4 is 36.0 Å². The van der Waals surface area contributed by atoms with Gasteiger partial charge in [-0.1, -0.05) is 6.07 Å². The van der Waals surface area contributed by atoms with Crippen molar-refractivity contribution in [2.45, 2.75) is 64.1 Å². The lowest BCUT2D eigenvalue weighted by Gasteiger charge is -2.31. The number of rotatable bonds is 6. The predicted molar refractivity (Wildman–Crippen MR) is 123 cm³/mol. The molecule has 3 N–H and O–H groups in total. The molecular weight excluding hydrogens is 485 g/mol. The fourth-order valence-electron chi connectivity index (χ4n) is 3.60. The number of carbonyl (C=O) groups excluding carboxylic acids is 1. The van der Waals surface area contributed by atoms with E-state index in [1.54, 1.807) is 11.1 Å². The van der Waals surface area contributed by atoms with Gasteiger partial charge in [0.05, 0.1) is 13.2 Å². The summed E-state index contributed by atoms with van der Waals surface area (Å²) in [4.78, 5) is 22.2. The summed E-state index contributed by atoms with van der Waals surface area (Å²) in [7, 11) is 0. The predicted octanol–water partition coefficient (Wildman–Crippen LogP) is 3.05. The van der Waals surface area contributed by atoms with Crippen LogP contribution in [0, 0.1) is 0 Å². The van der Waals surface area contributed by atoms with Crippen molar-refractivity contribution in [1.82, 2.24) is 15.2 Å². The van der Waals surface area contributed by atoms with Crippen molar-refractivity contribution in [3.63, 3.8) is 0 Å². The highest BCUT2D eigenvalue weighted by Gasteiger charge is 2.23. The van der Waals surface area contributed by atoms with Gasteiger partial charge in [-0.05, 0) is 51.0 Å². The van der Waals surface area contributed by atoms with Crippen LogP contribution in [0.5, 0.6) is 5.88 Å². The van der Waals surface area contributed by atoms with Crippen molar-refractivity contribution < 1.29 is 14.3 Å². The Morgan fingerprint density at radius 2 is 2.00 bits per heavy atom. The number of carbonyl (C=O) groups is 1. The van der Waals surface area contributed by atoms with Gasteiger partial charge in [0.1, 0.15) is 6.10 Å². The third kappa shape index (κ3) is 7.52. The number of guanidine groups is 1. The summed E-state index contributed by atoms with van der Waals surface area (Å²) in [5.74, 6) is 1.10. The number of piperidine rings is 1. The van der Waals surface area contributed by atoms with Crippen LogP contribution in [-0.2, 0) is 11.3 Å². The number of nitrogens with two attached hydrogens (primary N) is 1. The third-order valence-corrected chi connectivity index (χ3v) is 5.19. The van der Waals surface area contributed by atoms with Crippen LogP contribution in [0.4, 0.5) is 4.79 Å². The van der Waals surface area contributed by atoms with E-state index < -0.39 is 0 Å². The highest BCUT2D eigenvalue weighted by Crippen LogP contribution is 2.22. The van der Waals surface area contributed by atoms with E-state index in [-0.39, 0.29) is 36.1 Å². The van der Waals surface area contributed by atoms with Gasteiger partial charge in [-0.3, -0.25) is 0 Å². The zero-order valence-electron chi connectivity index (χ0n) is 17.0. The molecule has 0 radical (unpaired) electrons. The van der Waals surface area contributed by atoms with E-state index in [0.717, 1.165) is 31.2 Å². The van der Waals surface area contributed by atoms with Gasteiger partial charge in [-0.25, -0.2) is 14.8 Å². The minimum atomic E-state index is -0.240. The second-order valence-electron chi connectivity index (χ2n) is 7.34. The first-order chi connectivity index (χ1) is 13.6. The number of pyridine rings is 1. The van der Waals surface area contributed by atoms with E-state index in [0.29, 0.717) is 44.2 Å². The molecule has 9 heteroatoms. The summed E-state index contributed by atoms with van der Waals surface area (Å²) in [6.45, 7) is 4.01. The maximum Gasteiger partial charge on any atom is 0.409 e. The van der Waals surface area contributed by atoms with Crippen LogP contribution in [0.25, 0.3) is 0 Å². The molecule has 8 nitrogen and oxygen atoms in total. The Bertz CT molecular complexity index is 657. The molecule has 1 aromatic rings. The van der Waals surface area contributed by atoms with Gasteiger partial charge in [0.2, 0.25) is 5.88 Å². The number of nitrogens with zero attached hydrogens (tertiary/aromatic N) is 3.